The van der Waals surface area contributed by atoms with Crippen LogP contribution in [0.3, 0.4) is 0 Å². The van der Waals surface area contributed by atoms with Crippen LogP contribution in [0, 0.1) is 11.8 Å². The van der Waals surface area contributed by atoms with Gasteiger partial charge in [-0.05, 0) is 43.1 Å². The molecule has 1 heteroatoms. The first kappa shape index (κ1) is 10.7. The molecule has 1 nitrogen and oxygen atoms in total. The van der Waals surface area contributed by atoms with Gasteiger partial charge in [-0.2, -0.15) is 0 Å². The Kier molecular flexibility index (Phi) is 3.42. The maximum atomic E-state index is 9.67. The van der Waals surface area contributed by atoms with E-state index in [0.717, 1.165) is 12.3 Å². The van der Waals surface area contributed by atoms with Crippen LogP contribution in [0.5, 0.6) is 0 Å². The molecule has 1 aromatic carbocycles. The van der Waals surface area contributed by atoms with Crippen LogP contribution in [0.1, 0.15) is 31.7 Å². The minimum atomic E-state index is -0.0502. The molecule has 1 aliphatic rings. The molecule has 0 saturated heterocycles. The summed E-state index contributed by atoms with van der Waals surface area (Å²) in [6.07, 6.45) is 4.50. The van der Waals surface area contributed by atoms with Gasteiger partial charge in [0, 0.05) is 0 Å². The molecule has 82 valence electrons. The lowest BCUT2D eigenvalue weighted by atomic mass is 10.0. The van der Waals surface area contributed by atoms with Gasteiger partial charge in [-0.15, -0.1) is 0 Å². The maximum Gasteiger partial charge on any atom is 0.0568 e. The average Bonchev–Trinajstić information content (AvgIpc) is 3.06. The number of benzene rings is 1. The number of rotatable bonds is 5. The van der Waals surface area contributed by atoms with E-state index in [1.54, 1.807) is 0 Å². The van der Waals surface area contributed by atoms with Crippen molar-refractivity contribution in [1.82, 2.24) is 0 Å². The summed E-state index contributed by atoms with van der Waals surface area (Å²) in [7, 11) is 0. The van der Waals surface area contributed by atoms with E-state index < -0.39 is 0 Å². The number of aliphatic hydroxyl groups excluding tert-OH is 1. The van der Waals surface area contributed by atoms with Crippen molar-refractivity contribution in [3.05, 3.63) is 35.9 Å². The fourth-order valence-corrected chi connectivity index (χ4v) is 2.37. The molecule has 1 N–H and O–H groups in total. The van der Waals surface area contributed by atoms with Gasteiger partial charge < -0.3 is 5.11 Å². The van der Waals surface area contributed by atoms with Crippen LogP contribution < -0.4 is 0 Å². The molecule has 0 aromatic heterocycles. The fourth-order valence-electron chi connectivity index (χ4n) is 2.37. The van der Waals surface area contributed by atoms with Crippen LogP contribution in [0.2, 0.25) is 0 Å². The van der Waals surface area contributed by atoms with E-state index >= 15 is 0 Å². The third-order valence-corrected chi connectivity index (χ3v) is 3.54. The molecule has 3 atom stereocenters. The van der Waals surface area contributed by atoms with E-state index in [2.05, 4.69) is 37.3 Å². The zero-order valence-corrected chi connectivity index (χ0v) is 9.39. The molecule has 15 heavy (non-hydrogen) atoms. The topological polar surface area (TPSA) is 20.2 Å². The normalized spacial score (nSPS) is 26.3. The van der Waals surface area contributed by atoms with Crippen LogP contribution >= 0.6 is 0 Å². The molecule has 0 aliphatic heterocycles. The molecule has 0 bridgehead atoms. The first-order chi connectivity index (χ1) is 7.31. The van der Waals surface area contributed by atoms with Crippen LogP contribution in [0.25, 0.3) is 0 Å². The highest BCUT2D eigenvalue weighted by molar-refractivity contribution is 5.15. The van der Waals surface area contributed by atoms with Crippen molar-refractivity contribution in [2.45, 2.75) is 38.7 Å². The van der Waals surface area contributed by atoms with E-state index in [1.807, 2.05) is 0 Å². The van der Waals surface area contributed by atoms with Crippen molar-refractivity contribution in [3.8, 4) is 0 Å². The van der Waals surface area contributed by atoms with Gasteiger partial charge in [-0.3, -0.25) is 0 Å². The summed E-state index contributed by atoms with van der Waals surface area (Å²) in [6.45, 7) is 2.07. The Labute approximate surface area is 92.1 Å². The lowest BCUT2D eigenvalue weighted by Crippen LogP contribution is -2.08. The summed E-state index contributed by atoms with van der Waals surface area (Å²) in [6, 6.07) is 10.6. The van der Waals surface area contributed by atoms with Gasteiger partial charge in [0.05, 0.1) is 6.10 Å². The molecule has 1 aliphatic carbocycles. The second-order valence-electron chi connectivity index (χ2n) is 4.66. The lowest BCUT2D eigenvalue weighted by Gasteiger charge is -2.06. The van der Waals surface area contributed by atoms with E-state index in [9.17, 15) is 5.11 Å². The maximum absolute atomic E-state index is 9.67. The van der Waals surface area contributed by atoms with Crippen LogP contribution in [-0.2, 0) is 6.42 Å². The van der Waals surface area contributed by atoms with Gasteiger partial charge >= 0.3 is 0 Å². The molecular weight excluding hydrogens is 184 g/mol. The highest BCUT2D eigenvalue weighted by Gasteiger charge is 2.40. The zero-order chi connectivity index (χ0) is 10.7. The number of aryl methyl sites for hydroxylation is 1. The molecule has 2 rings (SSSR count). The van der Waals surface area contributed by atoms with Crippen molar-refractivity contribution in [1.29, 1.82) is 0 Å². The van der Waals surface area contributed by atoms with Crippen LogP contribution in [-0.4, -0.2) is 11.2 Å². The van der Waals surface area contributed by atoms with Gasteiger partial charge in [0.25, 0.3) is 0 Å². The molecule has 0 amide bonds. The first-order valence-electron chi connectivity index (χ1n) is 6.03. The van der Waals surface area contributed by atoms with Gasteiger partial charge in [0.2, 0.25) is 0 Å². The van der Waals surface area contributed by atoms with Crippen molar-refractivity contribution in [2.24, 2.45) is 11.8 Å². The standard InChI is InChI=1S/C14H20O/c1-2-14(15)13-10-12(13)9-8-11-6-4-3-5-7-11/h3-7,12-15H,2,8-10H2,1H3/t12-,13+,14-/m1/s1. The predicted molar refractivity (Wildman–Crippen MR) is 62.7 cm³/mol. The fraction of sp³-hybridized carbons (Fsp3) is 0.571. The number of aliphatic hydroxyl groups is 1. The molecule has 0 spiro atoms. The highest BCUT2D eigenvalue weighted by Crippen LogP contribution is 2.45. The van der Waals surface area contributed by atoms with Gasteiger partial charge in [-0.1, -0.05) is 37.3 Å². The molecular formula is C14H20O. The monoisotopic (exact) mass is 204 g/mol. The highest BCUT2D eigenvalue weighted by atomic mass is 16.3. The largest absolute Gasteiger partial charge is 0.393 e. The molecule has 1 aromatic rings. The van der Waals surface area contributed by atoms with Crippen molar-refractivity contribution < 1.29 is 5.11 Å². The minimum absolute atomic E-state index is 0.0502. The van der Waals surface area contributed by atoms with Gasteiger partial charge in [-0.25, -0.2) is 0 Å². The van der Waals surface area contributed by atoms with E-state index in [1.165, 1.54) is 24.8 Å². The smallest absolute Gasteiger partial charge is 0.0568 e. The quantitative estimate of drug-likeness (QED) is 0.781. The Balaban J connectivity index is 1.73. The van der Waals surface area contributed by atoms with Crippen molar-refractivity contribution in [2.75, 3.05) is 0 Å². The van der Waals surface area contributed by atoms with Crippen LogP contribution in [0.15, 0.2) is 30.3 Å². The summed E-state index contributed by atoms with van der Waals surface area (Å²) >= 11 is 0. The SMILES string of the molecule is CC[C@@H](O)[C@H]1C[C@H]1CCc1ccccc1. The molecule has 0 unspecified atom stereocenters. The number of hydrogen-bond acceptors (Lipinski definition) is 1. The third kappa shape index (κ3) is 2.82. The molecule has 1 fully saturated rings. The molecule has 0 radical (unpaired) electrons. The molecule has 1 saturated carbocycles. The number of hydrogen-bond donors (Lipinski definition) is 1. The lowest BCUT2D eigenvalue weighted by molar-refractivity contribution is 0.140. The average molecular weight is 204 g/mol. The van der Waals surface area contributed by atoms with E-state index in [4.69, 9.17) is 0 Å². The predicted octanol–water partition coefficient (Wildman–Crippen LogP) is 3.03. The zero-order valence-electron chi connectivity index (χ0n) is 9.39. The molecule has 0 heterocycles. The summed E-state index contributed by atoms with van der Waals surface area (Å²) in [5.41, 5.74) is 1.43. The summed E-state index contributed by atoms with van der Waals surface area (Å²) in [5, 5.41) is 9.67. The van der Waals surface area contributed by atoms with Gasteiger partial charge in [0.15, 0.2) is 0 Å². The second kappa shape index (κ2) is 4.80. The van der Waals surface area contributed by atoms with Crippen molar-refractivity contribution >= 4 is 0 Å². The first-order valence-corrected chi connectivity index (χ1v) is 6.03. The van der Waals surface area contributed by atoms with Crippen molar-refractivity contribution in [3.63, 3.8) is 0 Å². The Morgan fingerprint density at radius 2 is 2.07 bits per heavy atom. The van der Waals surface area contributed by atoms with E-state index in [0.29, 0.717) is 5.92 Å². The van der Waals surface area contributed by atoms with Crippen LogP contribution in [0.4, 0.5) is 0 Å². The van der Waals surface area contributed by atoms with E-state index in [-0.39, 0.29) is 6.10 Å². The second-order valence-corrected chi connectivity index (χ2v) is 4.66. The Morgan fingerprint density at radius 3 is 2.73 bits per heavy atom. The minimum Gasteiger partial charge on any atom is -0.393 e. The Morgan fingerprint density at radius 1 is 1.33 bits per heavy atom. The summed E-state index contributed by atoms with van der Waals surface area (Å²) in [5.74, 6) is 1.37. The summed E-state index contributed by atoms with van der Waals surface area (Å²) < 4.78 is 0. The summed E-state index contributed by atoms with van der Waals surface area (Å²) in [4.78, 5) is 0. The third-order valence-electron chi connectivity index (χ3n) is 3.54. The Hall–Kier alpha value is -0.820. The Bertz CT molecular complexity index is 293. The van der Waals surface area contributed by atoms with Gasteiger partial charge in [0.1, 0.15) is 0 Å².